The van der Waals surface area contributed by atoms with E-state index in [9.17, 15) is 13.6 Å². The zero-order valence-corrected chi connectivity index (χ0v) is 20.6. The molecule has 0 saturated carbocycles. The van der Waals surface area contributed by atoms with Crippen LogP contribution in [-0.4, -0.2) is 66.5 Å². The summed E-state index contributed by atoms with van der Waals surface area (Å²) in [5, 5.41) is 1.32. The van der Waals surface area contributed by atoms with Gasteiger partial charge < -0.3 is 19.7 Å². The van der Waals surface area contributed by atoms with Crippen LogP contribution < -0.4 is 4.90 Å². The maximum Gasteiger partial charge on any atom is 0.227 e. The third-order valence-electron chi connectivity index (χ3n) is 8.01. The molecule has 2 aliphatic heterocycles. The number of anilines is 1. The number of likely N-dealkylation sites (N-methyl/N-ethyl adjacent to an activating group) is 1. The molecule has 3 heterocycles. The highest BCUT2D eigenvalue weighted by atomic mass is 79.9. The largest absolute Gasteiger partial charge is 0.368 e. The van der Waals surface area contributed by atoms with Crippen LogP contribution in [0, 0.1) is 17.6 Å². The number of carbonyl (C=O) groups excluding carboxylic acids is 1. The van der Waals surface area contributed by atoms with Gasteiger partial charge in [0.2, 0.25) is 5.91 Å². The van der Waals surface area contributed by atoms with Crippen LogP contribution in [-0.2, 0) is 11.2 Å². The van der Waals surface area contributed by atoms with Crippen LogP contribution in [0.4, 0.5) is 14.5 Å². The summed E-state index contributed by atoms with van der Waals surface area (Å²) in [5.41, 5.74) is 4.51. The van der Waals surface area contributed by atoms with Gasteiger partial charge in [-0.25, -0.2) is 8.78 Å². The minimum atomic E-state index is -0.838. The van der Waals surface area contributed by atoms with E-state index >= 15 is 0 Å². The second-order valence-corrected chi connectivity index (χ2v) is 10.6. The lowest BCUT2D eigenvalue weighted by Gasteiger charge is -2.46. The van der Waals surface area contributed by atoms with Crippen molar-refractivity contribution in [1.29, 1.82) is 0 Å². The van der Waals surface area contributed by atoms with Crippen LogP contribution in [0.5, 0.6) is 0 Å². The predicted octanol–water partition coefficient (Wildman–Crippen LogP) is 4.52. The van der Waals surface area contributed by atoms with Gasteiger partial charge >= 0.3 is 0 Å². The minimum Gasteiger partial charge on any atom is -0.368 e. The maximum absolute atomic E-state index is 13.7. The molecule has 1 aromatic heterocycles. The Morgan fingerprint density at radius 2 is 1.88 bits per heavy atom. The highest BCUT2D eigenvalue weighted by molar-refractivity contribution is 9.10. The first-order valence-corrected chi connectivity index (χ1v) is 12.7. The Labute approximate surface area is 205 Å². The van der Waals surface area contributed by atoms with Gasteiger partial charge in [-0.2, -0.15) is 0 Å². The Morgan fingerprint density at radius 1 is 1.09 bits per heavy atom. The summed E-state index contributed by atoms with van der Waals surface area (Å²) in [5.74, 6) is -1.18. The van der Waals surface area contributed by atoms with E-state index < -0.39 is 11.6 Å². The summed E-state index contributed by atoms with van der Waals surface area (Å²) in [6, 6.07) is 10.8. The zero-order valence-electron chi connectivity index (χ0n) is 19.0. The van der Waals surface area contributed by atoms with Crippen LogP contribution in [0.2, 0.25) is 0 Å². The Kier molecular flexibility index (Phi) is 5.41. The minimum absolute atomic E-state index is 0.0414. The molecular formula is C26H27BrF2N4O. The van der Waals surface area contributed by atoms with Gasteiger partial charge in [0, 0.05) is 67.3 Å². The van der Waals surface area contributed by atoms with E-state index in [1.165, 1.54) is 22.6 Å². The Morgan fingerprint density at radius 3 is 2.65 bits per heavy atom. The number of benzene rings is 2. The smallest absolute Gasteiger partial charge is 0.227 e. The molecule has 0 bridgehead atoms. The van der Waals surface area contributed by atoms with E-state index in [1.54, 1.807) is 6.07 Å². The van der Waals surface area contributed by atoms with Crippen molar-refractivity contribution in [2.24, 2.45) is 5.92 Å². The number of piperazine rings is 1. The van der Waals surface area contributed by atoms with E-state index in [-0.39, 0.29) is 11.8 Å². The summed E-state index contributed by atoms with van der Waals surface area (Å²) in [6.07, 6.45) is 1.84. The zero-order chi connectivity index (χ0) is 23.6. The van der Waals surface area contributed by atoms with Crippen molar-refractivity contribution < 1.29 is 13.6 Å². The van der Waals surface area contributed by atoms with Crippen molar-refractivity contribution in [3.05, 3.63) is 63.8 Å². The fraction of sp³-hybridized carbons (Fsp3) is 0.423. The van der Waals surface area contributed by atoms with Crippen LogP contribution in [0.3, 0.4) is 0 Å². The molecule has 0 unspecified atom stereocenters. The van der Waals surface area contributed by atoms with Gasteiger partial charge in [-0.3, -0.25) is 4.79 Å². The number of hydrogen-bond donors (Lipinski definition) is 1. The van der Waals surface area contributed by atoms with Crippen LogP contribution >= 0.6 is 15.9 Å². The highest BCUT2D eigenvalue weighted by Gasteiger charge is 2.43. The number of likely N-dealkylation sites (tertiary alicyclic amines) is 1. The van der Waals surface area contributed by atoms with Crippen molar-refractivity contribution >= 4 is 38.4 Å². The second kappa shape index (κ2) is 8.34. The molecule has 3 atom stereocenters. The second-order valence-electron chi connectivity index (χ2n) is 9.85. The van der Waals surface area contributed by atoms with E-state index in [1.807, 2.05) is 9.80 Å². The summed E-state index contributed by atoms with van der Waals surface area (Å²) >= 11 is 3.71. The Bertz CT molecular complexity index is 1270. The molecule has 2 saturated heterocycles. The third kappa shape index (κ3) is 3.53. The lowest BCUT2D eigenvalue weighted by atomic mass is 9.72. The topological polar surface area (TPSA) is 42.6 Å². The molecule has 2 aromatic carbocycles. The van der Waals surface area contributed by atoms with E-state index in [0.29, 0.717) is 43.8 Å². The summed E-state index contributed by atoms with van der Waals surface area (Å²) in [6.45, 7) is 3.18. The highest BCUT2D eigenvalue weighted by Crippen LogP contribution is 2.46. The predicted molar refractivity (Wildman–Crippen MR) is 132 cm³/mol. The SMILES string of the molecule is CN1C[C@H](C(=O)N2CCN(c3ccc(F)c(F)c3)CC2)C[C@@H]2c3cccc4[nH]c(Br)c(c34)C[C@H]21. The molecule has 3 aliphatic rings. The molecular weight excluding hydrogens is 502 g/mol. The van der Waals surface area contributed by atoms with Crippen LogP contribution in [0.1, 0.15) is 23.5 Å². The number of rotatable bonds is 2. The molecule has 5 nitrogen and oxygen atoms in total. The molecule has 8 heteroatoms. The van der Waals surface area contributed by atoms with Crippen molar-refractivity contribution in [2.45, 2.75) is 24.8 Å². The average Bonchev–Trinajstić information content (AvgIpc) is 3.17. The van der Waals surface area contributed by atoms with Gasteiger partial charge in [0.1, 0.15) is 0 Å². The van der Waals surface area contributed by atoms with E-state index in [4.69, 9.17) is 0 Å². The molecule has 2 fully saturated rings. The molecule has 1 N–H and O–H groups in total. The number of fused-ring (bicyclic) bond motifs is 2. The first-order valence-electron chi connectivity index (χ1n) is 11.9. The lowest BCUT2D eigenvalue weighted by Crippen LogP contribution is -2.55. The standard InChI is InChI=1S/C26H27BrF2N4O/c1-31-14-15(11-18-17-3-2-4-22-24(17)19(13-23(18)31)25(27)30-22)26(34)33-9-7-32(8-10-33)16-5-6-20(28)21(29)12-16/h2-6,12,15,18,23,30H,7-11,13-14H2,1H3/t15-,18-,23-/m1/s1. The summed E-state index contributed by atoms with van der Waals surface area (Å²) < 4.78 is 28.0. The van der Waals surface area contributed by atoms with E-state index in [0.717, 1.165) is 35.6 Å². The quantitative estimate of drug-likeness (QED) is 0.531. The van der Waals surface area contributed by atoms with Gasteiger partial charge in [-0.15, -0.1) is 0 Å². The number of nitrogens with zero attached hydrogens (tertiary/aromatic N) is 3. The molecule has 6 rings (SSSR count). The number of aromatic amines is 1. The van der Waals surface area contributed by atoms with Gasteiger partial charge in [-0.05, 0) is 65.1 Å². The van der Waals surface area contributed by atoms with Gasteiger partial charge in [-0.1, -0.05) is 12.1 Å². The summed E-state index contributed by atoms with van der Waals surface area (Å²) in [4.78, 5) is 23.4. The first kappa shape index (κ1) is 22.0. The molecule has 1 aliphatic carbocycles. The first-order chi connectivity index (χ1) is 16.4. The number of amides is 1. The fourth-order valence-corrected chi connectivity index (χ4v) is 6.86. The molecule has 34 heavy (non-hydrogen) atoms. The monoisotopic (exact) mass is 528 g/mol. The Balaban J connectivity index is 1.18. The van der Waals surface area contributed by atoms with Gasteiger partial charge in [0.15, 0.2) is 11.6 Å². The molecule has 0 spiro atoms. The number of aromatic nitrogens is 1. The number of piperidine rings is 1. The van der Waals surface area contributed by atoms with Crippen LogP contribution in [0.25, 0.3) is 10.9 Å². The van der Waals surface area contributed by atoms with Gasteiger partial charge in [0.25, 0.3) is 0 Å². The van der Waals surface area contributed by atoms with Crippen LogP contribution in [0.15, 0.2) is 41.0 Å². The Hall–Kier alpha value is -2.45. The van der Waals surface area contributed by atoms with Crippen molar-refractivity contribution in [1.82, 2.24) is 14.8 Å². The lowest BCUT2D eigenvalue weighted by molar-refractivity contribution is -0.138. The molecule has 1 amide bonds. The number of halogens is 3. The maximum atomic E-state index is 13.7. The number of carbonyl (C=O) groups is 1. The van der Waals surface area contributed by atoms with Crippen molar-refractivity contribution in [2.75, 3.05) is 44.7 Å². The average molecular weight is 529 g/mol. The normalized spacial score (nSPS) is 25.0. The summed E-state index contributed by atoms with van der Waals surface area (Å²) in [7, 11) is 2.14. The third-order valence-corrected chi connectivity index (χ3v) is 8.68. The van der Waals surface area contributed by atoms with Crippen molar-refractivity contribution in [3.63, 3.8) is 0 Å². The number of hydrogen-bond acceptors (Lipinski definition) is 3. The molecule has 3 aromatic rings. The molecule has 0 radical (unpaired) electrons. The number of H-pyrrole nitrogens is 1. The fourth-order valence-electron chi connectivity index (χ4n) is 6.29. The van der Waals surface area contributed by atoms with E-state index in [2.05, 4.69) is 51.1 Å². The number of nitrogens with one attached hydrogen (secondary N) is 1. The van der Waals surface area contributed by atoms with Gasteiger partial charge in [0.05, 0.1) is 10.5 Å². The molecule has 178 valence electrons. The van der Waals surface area contributed by atoms with Crippen molar-refractivity contribution in [3.8, 4) is 0 Å².